The molecular weight excluding hydrogens is 302 g/mol. The van der Waals surface area contributed by atoms with Crippen molar-refractivity contribution < 1.29 is 9.59 Å². The fourth-order valence-electron chi connectivity index (χ4n) is 3.27. The molecule has 2 fully saturated rings. The number of likely N-dealkylation sites (tertiary alicyclic amines) is 1. The van der Waals surface area contributed by atoms with E-state index in [1.807, 2.05) is 23.6 Å². The van der Waals surface area contributed by atoms with Crippen molar-refractivity contribution in [3.05, 3.63) is 0 Å². The van der Waals surface area contributed by atoms with Crippen molar-refractivity contribution in [2.45, 2.75) is 46.1 Å². The minimum Gasteiger partial charge on any atom is -0.342 e. The summed E-state index contributed by atoms with van der Waals surface area (Å²) in [5.74, 6) is 0.512. The number of hydrogen-bond acceptors (Lipinski definition) is 3. The maximum Gasteiger partial charge on any atom is 0.227 e. The lowest BCUT2D eigenvalue weighted by molar-refractivity contribution is -0.144. The molecule has 2 unspecified atom stereocenters. The first-order valence-corrected chi connectivity index (χ1v) is 8.34. The number of halogens is 1. The lowest BCUT2D eigenvalue weighted by Crippen LogP contribution is -2.56. The van der Waals surface area contributed by atoms with E-state index in [4.69, 9.17) is 0 Å². The second kappa shape index (κ2) is 8.73. The summed E-state index contributed by atoms with van der Waals surface area (Å²) in [5.41, 5.74) is 0. The van der Waals surface area contributed by atoms with E-state index >= 15 is 0 Å². The number of amides is 2. The van der Waals surface area contributed by atoms with Gasteiger partial charge in [0.1, 0.15) is 0 Å². The molecule has 0 aliphatic carbocycles. The summed E-state index contributed by atoms with van der Waals surface area (Å²) < 4.78 is 0. The lowest BCUT2D eigenvalue weighted by Gasteiger charge is -2.39. The SMILES string of the molecule is CCC(C)C(=O)N1CCCC(C(=O)N2CCNC[C@H]2C)C1.Cl. The molecule has 6 heteroatoms. The maximum atomic E-state index is 12.7. The zero-order valence-corrected chi connectivity index (χ0v) is 14.8. The molecule has 22 heavy (non-hydrogen) atoms. The van der Waals surface area contributed by atoms with Crippen LogP contribution in [0.15, 0.2) is 0 Å². The largest absolute Gasteiger partial charge is 0.342 e. The van der Waals surface area contributed by atoms with Gasteiger partial charge in [-0.25, -0.2) is 0 Å². The van der Waals surface area contributed by atoms with Gasteiger partial charge in [0, 0.05) is 44.7 Å². The van der Waals surface area contributed by atoms with Gasteiger partial charge in [0.05, 0.1) is 5.92 Å². The smallest absolute Gasteiger partial charge is 0.227 e. The molecule has 0 aromatic heterocycles. The fraction of sp³-hybridized carbons (Fsp3) is 0.875. The topological polar surface area (TPSA) is 52.7 Å². The van der Waals surface area contributed by atoms with E-state index in [2.05, 4.69) is 12.2 Å². The monoisotopic (exact) mass is 331 g/mol. The zero-order chi connectivity index (χ0) is 15.4. The Morgan fingerprint density at radius 3 is 2.68 bits per heavy atom. The van der Waals surface area contributed by atoms with Crippen LogP contribution < -0.4 is 5.32 Å². The van der Waals surface area contributed by atoms with Crippen molar-refractivity contribution in [2.24, 2.45) is 11.8 Å². The average molecular weight is 332 g/mol. The minimum absolute atomic E-state index is 0. The highest BCUT2D eigenvalue weighted by atomic mass is 35.5. The standard InChI is InChI=1S/C16H29N3O2.ClH/c1-4-12(2)15(20)18-8-5-6-14(11-18)16(21)19-9-7-17-10-13(19)3;/h12-14,17H,4-11H2,1-3H3;1H/t12?,13-,14?;/m1./s1. The number of hydrogen-bond donors (Lipinski definition) is 1. The Bertz CT molecular complexity index is 392. The number of carbonyl (C=O) groups is 2. The number of nitrogens with zero attached hydrogens (tertiary/aromatic N) is 2. The van der Waals surface area contributed by atoms with Gasteiger partial charge in [-0.3, -0.25) is 9.59 Å². The molecule has 3 atom stereocenters. The van der Waals surface area contributed by atoms with E-state index in [-0.39, 0.29) is 42.1 Å². The number of rotatable bonds is 3. The molecule has 2 rings (SSSR count). The number of carbonyl (C=O) groups excluding carboxylic acids is 2. The Morgan fingerprint density at radius 1 is 1.32 bits per heavy atom. The first-order valence-electron chi connectivity index (χ1n) is 8.34. The maximum absolute atomic E-state index is 12.7. The van der Waals surface area contributed by atoms with E-state index in [9.17, 15) is 9.59 Å². The Kier molecular flexibility index (Phi) is 7.63. The van der Waals surface area contributed by atoms with Crippen LogP contribution in [0.3, 0.4) is 0 Å². The predicted molar refractivity (Wildman–Crippen MR) is 90.1 cm³/mol. The van der Waals surface area contributed by atoms with Crippen molar-refractivity contribution in [1.29, 1.82) is 0 Å². The van der Waals surface area contributed by atoms with Crippen molar-refractivity contribution in [3.63, 3.8) is 0 Å². The van der Waals surface area contributed by atoms with Gasteiger partial charge < -0.3 is 15.1 Å². The molecule has 2 aliphatic rings. The third-order valence-electron chi connectivity index (χ3n) is 4.90. The van der Waals surface area contributed by atoms with Crippen LogP contribution in [0, 0.1) is 11.8 Å². The van der Waals surface area contributed by atoms with Gasteiger partial charge in [-0.05, 0) is 26.2 Å². The molecule has 0 aromatic rings. The highest BCUT2D eigenvalue weighted by Gasteiger charge is 2.34. The molecule has 0 aromatic carbocycles. The van der Waals surface area contributed by atoms with Crippen molar-refractivity contribution in [3.8, 4) is 0 Å². The Hall–Kier alpha value is -0.810. The van der Waals surface area contributed by atoms with Gasteiger partial charge in [-0.1, -0.05) is 13.8 Å². The number of piperazine rings is 1. The molecule has 0 bridgehead atoms. The zero-order valence-electron chi connectivity index (χ0n) is 14.0. The summed E-state index contributed by atoms with van der Waals surface area (Å²) in [6, 6.07) is 0.256. The van der Waals surface area contributed by atoms with E-state index < -0.39 is 0 Å². The molecule has 2 aliphatic heterocycles. The highest BCUT2D eigenvalue weighted by Crippen LogP contribution is 2.22. The molecule has 2 heterocycles. The molecule has 1 N–H and O–H groups in total. The number of nitrogens with one attached hydrogen (secondary N) is 1. The van der Waals surface area contributed by atoms with Crippen molar-refractivity contribution in [2.75, 3.05) is 32.7 Å². The molecule has 2 amide bonds. The van der Waals surface area contributed by atoms with Crippen LogP contribution in [-0.2, 0) is 9.59 Å². The average Bonchev–Trinajstić information content (AvgIpc) is 2.53. The first-order chi connectivity index (χ1) is 10.0. The fourth-order valence-corrected chi connectivity index (χ4v) is 3.27. The Balaban J connectivity index is 0.00000242. The normalized spacial score (nSPS) is 27.0. The molecule has 2 saturated heterocycles. The molecule has 0 saturated carbocycles. The van der Waals surface area contributed by atoms with Crippen molar-refractivity contribution >= 4 is 24.2 Å². The van der Waals surface area contributed by atoms with E-state index in [1.165, 1.54) is 0 Å². The van der Waals surface area contributed by atoms with Crippen LogP contribution in [-0.4, -0.2) is 60.4 Å². The van der Waals surface area contributed by atoms with Crippen molar-refractivity contribution in [1.82, 2.24) is 15.1 Å². The van der Waals surface area contributed by atoms with Crippen LogP contribution in [0.1, 0.15) is 40.0 Å². The second-order valence-electron chi connectivity index (χ2n) is 6.52. The summed E-state index contributed by atoms with van der Waals surface area (Å²) in [4.78, 5) is 29.0. The Labute approximate surface area is 140 Å². The second-order valence-corrected chi connectivity index (χ2v) is 6.52. The highest BCUT2D eigenvalue weighted by molar-refractivity contribution is 5.85. The van der Waals surface area contributed by atoms with E-state index in [0.717, 1.165) is 45.4 Å². The van der Waals surface area contributed by atoms with Gasteiger partial charge in [0.2, 0.25) is 11.8 Å². The Morgan fingerprint density at radius 2 is 2.05 bits per heavy atom. The summed E-state index contributed by atoms with van der Waals surface area (Å²) in [5, 5.41) is 3.31. The summed E-state index contributed by atoms with van der Waals surface area (Å²) in [6.45, 7) is 10.1. The van der Waals surface area contributed by atoms with Crippen LogP contribution in [0.25, 0.3) is 0 Å². The molecular formula is C16H30ClN3O2. The van der Waals surface area contributed by atoms with Gasteiger partial charge in [-0.15, -0.1) is 12.4 Å². The lowest BCUT2D eigenvalue weighted by atomic mass is 9.94. The number of piperidine rings is 1. The molecule has 0 radical (unpaired) electrons. The van der Waals surface area contributed by atoms with Gasteiger partial charge in [0.15, 0.2) is 0 Å². The van der Waals surface area contributed by atoms with Gasteiger partial charge in [-0.2, -0.15) is 0 Å². The molecule has 5 nitrogen and oxygen atoms in total. The van der Waals surface area contributed by atoms with Crippen LogP contribution in [0.5, 0.6) is 0 Å². The molecule has 0 spiro atoms. The summed E-state index contributed by atoms with van der Waals surface area (Å²) >= 11 is 0. The van der Waals surface area contributed by atoms with Crippen LogP contribution in [0.2, 0.25) is 0 Å². The van der Waals surface area contributed by atoms with Gasteiger partial charge >= 0.3 is 0 Å². The quantitative estimate of drug-likeness (QED) is 0.853. The van der Waals surface area contributed by atoms with E-state index in [1.54, 1.807) is 0 Å². The summed E-state index contributed by atoms with van der Waals surface area (Å²) in [6.07, 6.45) is 2.72. The summed E-state index contributed by atoms with van der Waals surface area (Å²) in [7, 11) is 0. The first kappa shape index (κ1) is 19.2. The third-order valence-corrected chi connectivity index (χ3v) is 4.90. The predicted octanol–water partition coefficient (Wildman–Crippen LogP) is 1.51. The van der Waals surface area contributed by atoms with Crippen LogP contribution >= 0.6 is 12.4 Å². The van der Waals surface area contributed by atoms with Crippen LogP contribution in [0.4, 0.5) is 0 Å². The molecule has 128 valence electrons. The van der Waals surface area contributed by atoms with Gasteiger partial charge in [0.25, 0.3) is 0 Å². The third kappa shape index (κ3) is 4.35. The van der Waals surface area contributed by atoms with E-state index in [0.29, 0.717) is 6.54 Å². The minimum atomic E-state index is -0.00712.